The molecule has 0 aliphatic carbocycles. The molecular weight excluding hydrogens is 226 g/mol. The normalized spacial score (nSPS) is 9.33. The molecule has 1 aromatic heterocycles. The first-order valence-corrected chi connectivity index (χ1v) is 6.01. The van der Waals surface area contributed by atoms with E-state index >= 15 is 0 Å². The van der Waals surface area contributed by atoms with Crippen LogP contribution in [0.2, 0.25) is 0 Å². The van der Waals surface area contributed by atoms with Gasteiger partial charge in [0.25, 0.3) is 0 Å². The van der Waals surface area contributed by atoms with Crippen LogP contribution in [0.15, 0.2) is 36.5 Å². The SMILES string of the molecule is CC.COc1cc(O)ccc1-c1cccnc1C. The Morgan fingerprint density at radius 3 is 2.44 bits per heavy atom. The number of rotatable bonds is 2. The van der Waals surface area contributed by atoms with Crippen LogP contribution in [-0.2, 0) is 0 Å². The summed E-state index contributed by atoms with van der Waals surface area (Å²) in [4.78, 5) is 4.24. The molecular formula is C15H19NO2. The van der Waals surface area contributed by atoms with Crippen LogP contribution in [0.4, 0.5) is 0 Å². The first kappa shape index (κ1) is 14.0. The van der Waals surface area contributed by atoms with E-state index in [0.29, 0.717) is 5.75 Å². The van der Waals surface area contributed by atoms with Crippen LogP contribution < -0.4 is 4.74 Å². The average Bonchev–Trinajstić information content (AvgIpc) is 2.42. The largest absolute Gasteiger partial charge is 0.508 e. The number of phenols is 1. The summed E-state index contributed by atoms with van der Waals surface area (Å²) in [6, 6.07) is 8.94. The molecule has 0 radical (unpaired) electrons. The first-order chi connectivity index (χ1) is 8.72. The van der Waals surface area contributed by atoms with Gasteiger partial charge in [0.05, 0.1) is 7.11 Å². The quantitative estimate of drug-likeness (QED) is 0.875. The standard InChI is InChI=1S/C13H13NO2.C2H6/c1-9-11(4-3-7-14-9)12-6-5-10(15)8-13(12)16-2;1-2/h3-8,15H,1-2H3;1-2H3. The lowest BCUT2D eigenvalue weighted by Crippen LogP contribution is -1.91. The van der Waals surface area contributed by atoms with Gasteiger partial charge in [-0.1, -0.05) is 19.9 Å². The fourth-order valence-electron chi connectivity index (χ4n) is 1.67. The molecule has 1 heterocycles. The number of phenolic OH excluding ortho intramolecular Hbond substituents is 1. The lowest BCUT2D eigenvalue weighted by Gasteiger charge is -2.10. The highest BCUT2D eigenvalue weighted by atomic mass is 16.5. The van der Waals surface area contributed by atoms with Gasteiger partial charge < -0.3 is 9.84 Å². The monoisotopic (exact) mass is 245 g/mol. The topological polar surface area (TPSA) is 42.4 Å². The Morgan fingerprint density at radius 1 is 1.11 bits per heavy atom. The summed E-state index contributed by atoms with van der Waals surface area (Å²) in [5, 5.41) is 9.39. The molecule has 0 aliphatic rings. The van der Waals surface area contributed by atoms with Crippen molar-refractivity contribution in [3.8, 4) is 22.6 Å². The van der Waals surface area contributed by atoms with Crippen LogP contribution in [0, 0.1) is 6.92 Å². The molecule has 0 fully saturated rings. The summed E-state index contributed by atoms with van der Waals surface area (Å²) in [5.41, 5.74) is 2.89. The predicted octanol–water partition coefficient (Wildman–Crippen LogP) is 3.80. The molecule has 18 heavy (non-hydrogen) atoms. The fraction of sp³-hybridized carbons (Fsp3) is 0.267. The number of pyridine rings is 1. The van der Waals surface area contributed by atoms with E-state index in [1.807, 2.05) is 39.0 Å². The number of nitrogens with zero attached hydrogens (tertiary/aromatic N) is 1. The van der Waals surface area contributed by atoms with Crippen LogP contribution in [-0.4, -0.2) is 17.2 Å². The lowest BCUT2D eigenvalue weighted by atomic mass is 10.0. The molecule has 96 valence electrons. The Kier molecular flexibility index (Phi) is 5.18. The molecule has 0 amide bonds. The summed E-state index contributed by atoms with van der Waals surface area (Å²) >= 11 is 0. The molecule has 0 saturated carbocycles. The molecule has 0 spiro atoms. The van der Waals surface area contributed by atoms with Gasteiger partial charge in [-0.05, 0) is 25.1 Å². The van der Waals surface area contributed by atoms with E-state index in [1.54, 1.807) is 25.4 Å². The summed E-state index contributed by atoms with van der Waals surface area (Å²) in [6.07, 6.45) is 1.76. The number of methoxy groups -OCH3 is 1. The zero-order valence-electron chi connectivity index (χ0n) is 11.3. The van der Waals surface area contributed by atoms with Gasteiger partial charge in [-0.2, -0.15) is 0 Å². The van der Waals surface area contributed by atoms with Crippen molar-refractivity contribution in [3.63, 3.8) is 0 Å². The molecule has 0 unspecified atom stereocenters. The third kappa shape index (κ3) is 3.00. The molecule has 0 atom stereocenters. The highest BCUT2D eigenvalue weighted by Gasteiger charge is 2.09. The Hall–Kier alpha value is -2.03. The van der Waals surface area contributed by atoms with Gasteiger partial charge >= 0.3 is 0 Å². The van der Waals surface area contributed by atoms with E-state index < -0.39 is 0 Å². The summed E-state index contributed by atoms with van der Waals surface area (Å²) in [7, 11) is 1.59. The number of hydrogen-bond donors (Lipinski definition) is 1. The second-order valence-corrected chi connectivity index (χ2v) is 3.52. The smallest absolute Gasteiger partial charge is 0.130 e. The van der Waals surface area contributed by atoms with Crippen LogP contribution in [0.3, 0.4) is 0 Å². The molecule has 0 saturated heterocycles. The highest BCUT2D eigenvalue weighted by molar-refractivity contribution is 5.73. The molecule has 0 aliphatic heterocycles. The molecule has 1 N–H and O–H groups in total. The third-order valence-electron chi connectivity index (χ3n) is 2.48. The fourth-order valence-corrected chi connectivity index (χ4v) is 1.67. The lowest BCUT2D eigenvalue weighted by molar-refractivity contribution is 0.409. The third-order valence-corrected chi connectivity index (χ3v) is 2.48. The van der Waals surface area contributed by atoms with Gasteiger partial charge in [0.1, 0.15) is 11.5 Å². The number of ether oxygens (including phenoxy) is 1. The number of aryl methyl sites for hydroxylation is 1. The minimum absolute atomic E-state index is 0.196. The van der Waals surface area contributed by atoms with Crippen molar-refractivity contribution >= 4 is 0 Å². The van der Waals surface area contributed by atoms with Crippen molar-refractivity contribution in [3.05, 3.63) is 42.2 Å². The maximum absolute atomic E-state index is 9.39. The van der Waals surface area contributed by atoms with Gasteiger partial charge in [0.2, 0.25) is 0 Å². The molecule has 1 aromatic carbocycles. The summed E-state index contributed by atoms with van der Waals surface area (Å²) < 4.78 is 5.25. The van der Waals surface area contributed by atoms with E-state index in [4.69, 9.17) is 4.74 Å². The van der Waals surface area contributed by atoms with Crippen LogP contribution in [0.1, 0.15) is 19.5 Å². The van der Waals surface area contributed by atoms with E-state index in [9.17, 15) is 5.11 Å². The van der Waals surface area contributed by atoms with Crippen LogP contribution in [0.5, 0.6) is 11.5 Å². The van der Waals surface area contributed by atoms with Gasteiger partial charge in [-0.15, -0.1) is 0 Å². The van der Waals surface area contributed by atoms with Crippen LogP contribution >= 0.6 is 0 Å². The summed E-state index contributed by atoms with van der Waals surface area (Å²) in [5.74, 6) is 0.846. The first-order valence-electron chi connectivity index (χ1n) is 6.01. The Bertz CT molecular complexity index is 510. The number of aromatic nitrogens is 1. The summed E-state index contributed by atoms with van der Waals surface area (Å²) in [6.45, 7) is 5.95. The number of aromatic hydroxyl groups is 1. The van der Waals surface area contributed by atoms with Crippen molar-refractivity contribution in [2.45, 2.75) is 20.8 Å². The average molecular weight is 245 g/mol. The van der Waals surface area contributed by atoms with Crippen molar-refractivity contribution in [1.29, 1.82) is 0 Å². The molecule has 3 nitrogen and oxygen atoms in total. The minimum Gasteiger partial charge on any atom is -0.508 e. The Morgan fingerprint density at radius 2 is 1.83 bits per heavy atom. The zero-order chi connectivity index (χ0) is 13.5. The molecule has 2 aromatic rings. The van der Waals surface area contributed by atoms with Gasteiger partial charge in [0.15, 0.2) is 0 Å². The van der Waals surface area contributed by atoms with Crippen molar-refractivity contribution in [1.82, 2.24) is 4.98 Å². The number of benzene rings is 1. The van der Waals surface area contributed by atoms with Gasteiger partial charge in [-0.3, -0.25) is 4.98 Å². The maximum atomic E-state index is 9.39. The molecule has 3 heteroatoms. The van der Waals surface area contributed by atoms with Crippen molar-refractivity contribution in [2.24, 2.45) is 0 Å². The van der Waals surface area contributed by atoms with Crippen molar-refractivity contribution < 1.29 is 9.84 Å². The minimum atomic E-state index is 0.196. The predicted molar refractivity (Wildman–Crippen MR) is 74.0 cm³/mol. The zero-order valence-corrected chi connectivity index (χ0v) is 11.3. The maximum Gasteiger partial charge on any atom is 0.130 e. The Labute approximate surface area is 108 Å². The van der Waals surface area contributed by atoms with Gasteiger partial charge in [-0.25, -0.2) is 0 Å². The second-order valence-electron chi connectivity index (χ2n) is 3.52. The Balaban J connectivity index is 0.000000771. The van der Waals surface area contributed by atoms with Gasteiger partial charge in [0, 0.05) is 29.1 Å². The number of hydrogen-bond acceptors (Lipinski definition) is 3. The van der Waals surface area contributed by atoms with Crippen LogP contribution in [0.25, 0.3) is 11.1 Å². The van der Waals surface area contributed by atoms with E-state index in [2.05, 4.69) is 4.98 Å². The highest BCUT2D eigenvalue weighted by Crippen LogP contribution is 2.33. The van der Waals surface area contributed by atoms with Crippen molar-refractivity contribution in [2.75, 3.05) is 7.11 Å². The van der Waals surface area contributed by atoms with E-state index in [0.717, 1.165) is 16.8 Å². The molecule has 0 bridgehead atoms. The van der Waals surface area contributed by atoms with E-state index in [-0.39, 0.29) is 5.75 Å². The second kappa shape index (κ2) is 6.64. The molecule has 2 rings (SSSR count). The van der Waals surface area contributed by atoms with E-state index in [1.165, 1.54) is 0 Å².